The summed E-state index contributed by atoms with van der Waals surface area (Å²) in [4.78, 5) is 4.96. The van der Waals surface area contributed by atoms with Crippen molar-refractivity contribution in [2.45, 2.75) is 24.2 Å². The van der Waals surface area contributed by atoms with Gasteiger partial charge in [-0.2, -0.15) is 5.26 Å². The van der Waals surface area contributed by atoms with E-state index in [9.17, 15) is 8.60 Å². The van der Waals surface area contributed by atoms with Gasteiger partial charge in [0.15, 0.2) is 0 Å². The van der Waals surface area contributed by atoms with Gasteiger partial charge in [-0.05, 0) is 37.0 Å². The largest absolute Gasteiger partial charge is 0.439 e. The number of fused-ring (bicyclic) bond motifs is 1. The van der Waals surface area contributed by atoms with E-state index in [0.717, 1.165) is 41.4 Å². The minimum Gasteiger partial charge on any atom is -0.439 e. The van der Waals surface area contributed by atoms with Gasteiger partial charge in [-0.15, -0.1) is 0 Å². The third-order valence-corrected chi connectivity index (χ3v) is 4.57. The van der Waals surface area contributed by atoms with E-state index in [0.29, 0.717) is 5.88 Å². The van der Waals surface area contributed by atoms with Crippen molar-refractivity contribution in [1.82, 2.24) is 4.98 Å². The maximum atomic E-state index is 13.5. The lowest BCUT2D eigenvalue weighted by molar-refractivity contribution is 0.451. The summed E-state index contributed by atoms with van der Waals surface area (Å²) in [6.07, 6.45) is 5.77. The number of hydrogen-bond donors (Lipinski definition) is 0. The fourth-order valence-corrected chi connectivity index (χ4v) is 3.43. The Morgan fingerprint density at radius 2 is 2.09 bits per heavy atom. The van der Waals surface area contributed by atoms with E-state index in [1.165, 1.54) is 12.1 Å². The Morgan fingerprint density at radius 1 is 1.32 bits per heavy atom. The zero-order chi connectivity index (χ0) is 15.7. The minimum atomic E-state index is -1.10. The van der Waals surface area contributed by atoms with Gasteiger partial charge in [-0.25, -0.2) is 9.37 Å². The van der Waals surface area contributed by atoms with Crippen LogP contribution in [0.2, 0.25) is 0 Å². The molecule has 22 heavy (non-hydrogen) atoms. The molecule has 0 saturated carbocycles. The molecule has 112 valence electrons. The average Bonchev–Trinajstić information content (AvgIpc) is 2.96. The number of benzene rings is 1. The first-order chi connectivity index (χ1) is 10.6. The molecular formula is C16H13FN2O2S. The van der Waals surface area contributed by atoms with Gasteiger partial charge in [0.1, 0.15) is 11.6 Å². The lowest BCUT2D eigenvalue weighted by Crippen LogP contribution is -2.01. The molecule has 2 aromatic rings. The van der Waals surface area contributed by atoms with Crippen LogP contribution < -0.4 is 4.74 Å². The molecule has 0 spiro atoms. The summed E-state index contributed by atoms with van der Waals surface area (Å²) in [7, 11) is -1.10. The first kappa shape index (κ1) is 14.7. The summed E-state index contributed by atoms with van der Waals surface area (Å²) in [6, 6.07) is 5.72. The molecule has 0 saturated heterocycles. The van der Waals surface area contributed by atoms with Crippen LogP contribution in [-0.2, 0) is 23.6 Å². The van der Waals surface area contributed by atoms with Crippen molar-refractivity contribution in [3.05, 3.63) is 46.9 Å². The van der Waals surface area contributed by atoms with Crippen LogP contribution in [0.5, 0.6) is 11.6 Å². The molecule has 1 atom stereocenters. The Kier molecular flexibility index (Phi) is 3.90. The number of ether oxygens (including phenoxy) is 1. The molecule has 0 radical (unpaired) electrons. The first-order valence-corrected chi connectivity index (χ1v) is 8.37. The van der Waals surface area contributed by atoms with E-state index in [2.05, 4.69) is 4.98 Å². The van der Waals surface area contributed by atoms with E-state index < -0.39 is 16.6 Å². The molecule has 1 unspecified atom stereocenters. The van der Waals surface area contributed by atoms with Gasteiger partial charge in [-0.1, -0.05) is 0 Å². The standard InChI is InChI=1S/C16H13FN2O2S/c1-22(20)15-9-19-16(14-4-2-3-13(14)15)21-12-6-10(8-18)5-11(17)7-12/h5-7,9H,2-4H2,1H3. The predicted octanol–water partition coefficient (Wildman–Crippen LogP) is 3.11. The van der Waals surface area contributed by atoms with Crippen LogP contribution in [0.1, 0.15) is 23.1 Å². The Bertz CT molecular complexity index is 815. The molecule has 6 heteroatoms. The SMILES string of the molecule is CS(=O)c1cnc(Oc2cc(F)cc(C#N)c2)c2c1CCC2. The zero-order valence-electron chi connectivity index (χ0n) is 11.9. The van der Waals surface area contributed by atoms with Gasteiger partial charge in [0.25, 0.3) is 0 Å². The summed E-state index contributed by atoms with van der Waals surface area (Å²) in [5.41, 5.74) is 2.14. The van der Waals surface area contributed by atoms with Crippen LogP contribution in [0.15, 0.2) is 29.3 Å². The highest BCUT2D eigenvalue weighted by atomic mass is 32.2. The lowest BCUT2D eigenvalue weighted by Gasteiger charge is -2.12. The number of pyridine rings is 1. The highest BCUT2D eigenvalue weighted by Gasteiger charge is 2.22. The van der Waals surface area contributed by atoms with Crippen LogP contribution >= 0.6 is 0 Å². The molecule has 0 amide bonds. The van der Waals surface area contributed by atoms with Crippen molar-refractivity contribution < 1.29 is 13.3 Å². The van der Waals surface area contributed by atoms with Crippen molar-refractivity contribution in [2.24, 2.45) is 0 Å². The highest BCUT2D eigenvalue weighted by Crippen LogP contribution is 2.35. The monoisotopic (exact) mass is 316 g/mol. The average molecular weight is 316 g/mol. The van der Waals surface area contributed by atoms with Gasteiger partial charge in [0, 0.05) is 24.1 Å². The summed E-state index contributed by atoms with van der Waals surface area (Å²) >= 11 is 0. The van der Waals surface area contributed by atoms with Gasteiger partial charge in [0.05, 0.1) is 27.3 Å². The van der Waals surface area contributed by atoms with Crippen molar-refractivity contribution in [2.75, 3.05) is 6.26 Å². The maximum Gasteiger partial charge on any atom is 0.222 e. The second-order valence-corrected chi connectivity index (χ2v) is 6.43. The molecule has 3 rings (SSSR count). The van der Waals surface area contributed by atoms with Gasteiger partial charge in [0.2, 0.25) is 5.88 Å². The van der Waals surface area contributed by atoms with Gasteiger partial charge < -0.3 is 4.74 Å². The van der Waals surface area contributed by atoms with Crippen molar-refractivity contribution in [1.29, 1.82) is 5.26 Å². The highest BCUT2D eigenvalue weighted by molar-refractivity contribution is 7.84. The molecule has 1 aliphatic rings. The van der Waals surface area contributed by atoms with Gasteiger partial charge >= 0.3 is 0 Å². The fraction of sp³-hybridized carbons (Fsp3) is 0.250. The molecule has 0 bridgehead atoms. The van der Waals surface area contributed by atoms with E-state index in [-0.39, 0.29) is 11.3 Å². The first-order valence-electron chi connectivity index (χ1n) is 6.81. The smallest absolute Gasteiger partial charge is 0.222 e. The molecular weight excluding hydrogens is 303 g/mol. The number of aromatic nitrogens is 1. The zero-order valence-corrected chi connectivity index (χ0v) is 12.7. The topological polar surface area (TPSA) is 63.0 Å². The predicted molar refractivity (Wildman–Crippen MR) is 79.8 cm³/mol. The van der Waals surface area contributed by atoms with Crippen LogP contribution in [0, 0.1) is 17.1 Å². The molecule has 0 fully saturated rings. The van der Waals surface area contributed by atoms with Crippen LogP contribution in [0.3, 0.4) is 0 Å². The third-order valence-electron chi connectivity index (χ3n) is 3.60. The second kappa shape index (κ2) is 5.85. The van der Waals surface area contributed by atoms with E-state index >= 15 is 0 Å². The quantitative estimate of drug-likeness (QED) is 0.873. The Morgan fingerprint density at radius 3 is 2.82 bits per heavy atom. The normalized spacial score (nSPS) is 14.2. The summed E-state index contributed by atoms with van der Waals surface area (Å²) < 4.78 is 30.9. The van der Waals surface area contributed by atoms with E-state index in [1.54, 1.807) is 12.5 Å². The number of hydrogen-bond acceptors (Lipinski definition) is 4. The Balaban J connectivity index is 2.01. The molecule has 0 aliphatic heterocycles. The van der Waals surface area contributed by atoms with Crippen molar-refractivity contribution >= 4 is 10.8 Å². The number of rotatable bonds is 3. The van der Waals surface area contributed by atoms with E-state index in [1.807, 2.05) is 6.07 Å². The van der Waals surface area contributed by atoms with Crippen molar-refractivity contribution in [3.63, 3.8) is 0 Å². The molecule has 1 aromatic heterocycles. The molecule has 4 nitrogen and oxygen atoms in total. The number of nitrogens with zero attached hydrogens (tertiary/aromatic N) is 2. The van der Waals surface area contributed by atoms with Crippen molar-refractivity contribution in [3.8, 4) is 17.7 Å². The summed E-state index contributed by atoms with van der Waals surface area (Å²) in [6.45, 7) is 0. The second-order valence-electron chi connectivity index (χ2n) is 5.08. The maximum absolute atomic E-state index is 13.5. The van der Waals surface area contributed by atoms with Gasteiger partial charge in [-0.3, -0.25) is 4.21 Å². The number of nitriles is 1. The van der Waals surface area contributed by atoms with E-state index in [4.69, 9.17) is 10.00 Å². The van der Waals surface area contributed by atoms with Crippen LogP contribution in [0.4, 0.5) is 4.39 Å². The number of halogens is 1. The third kappa shape index (κ3) is 2.72. The summed E-state index contributed by atoms with van der Waals surface area (Å²) in [5, 5.41) is 8.88. The Labute approximate surface area is 130 Å². The molecule has 0 N–H and O–H groups in total. The fourth-order valence-electron chi connectivity index (χ4n) is 2.66. The minimum absolute atomic E-state index is 0.193. The molecule has 1 heterocycles. The lowest BCUT2D eigenvalue weighted by atomic mass is 10.2. The van der Waals surface area contributed by atoms with Crippen LogP contribution in [-0.4, -0.2) is 15.4 Å². The molecule has 1 aromatic carbocycles. The summed E-state index contributed by atoms with van der Waals surface area (Å²) in [5.74, 6) is 0.108. The Hall–Kier alpha value is -2.26. The van der Waals surface area contributed by atoms with Crippen LogP contribution in [0.25, 0.3) is 0 Å². The molecule has 1 aliphatic carbocycles.